The number of aromatic nitrogens is 2. The van der Waals surface area contributed by atoms with Crippen molar-refractivity contribution in [3.05, 3.63) is 66.2 Å². The van der Waals surface area contributed by atoms with Crippen molar-refractivity contribution in [3.63, 3.8) is 0 Å². The van der Waals surface area contributed by atoms with Crippen LogP contribution < -0.4 is 0 Å². The van der Waals surface area contributed by atoms with Gasteiger partial charge in [-0.25, -0.2) is 14.4 Å². The number of allylic oxidation sites excluding steroid dienone is 2. The number of nitrogens with zero attached hydrogens (tertiary/aromatic N) is 5. The number of hydrogen-bond donors (Lipinski definition) is 0. The summed E-state index contributed by atoms with van der Waals surface area (Å²) in [6, 6.07) is 6.77. The molecule has 3 heterocycles. The van der Waals surface area contributed by atoms with Crippen LogP contribution in [0.25, 0.3) is 11.3 Å². The molecule has 0 unspecified atom stereocenters. The molecule has 0 spiro atoms. The number of benzene rings is 1. The molecule has 2 fully saturated rings. The van der Waals surface area contributed by atoms with Gasteiger partial charge < -0.3 is 14.4 Å². The van der Waals surface area contributed by atoms with Crippen LogP contribution in [-0.2, 0) is 6.54 Å². The Hall–Kier alpha value is -2.73. The van der Waals surface area contributed by atoms with Gasteiger partial charge in [-0.1, -0.05) is 24.3 Å². The lowest BCUT2D eigenvalue weighted by Gasteiger charge is -2.33. The Kier molecular flexibility index (Phi) is 7.76. The van der Waals surface area contributed by atoms with Crippen molar-refractivity contribution in [1.29, 1.82) is 0 Å². The lowest BCUT2D eigenvalue weighted by atomic mass is 9.95. The molecule has 33 heavy (non-hydrogen) atoms. The van der Waals surface area contributed by atoms with E-state index in [2.05, 4.69) is 38.2 Å². The van der Waals surface area contributed by atoms with E-state index in [0.717, 1.165) is 67.5 Å². The first kappa shape index (κ1) is 23.4. The van der Waals surface area contributed by atoms with Gasteiger partial charge in [0.1, 0.15) is 17.5 Å². The first-order chi connectivity index (χ1) is 16.0. The van der Waals surface area contributed by atoms with Gasteiger partial charge >= 0.3 is 0 Å². The van der Waals surface area contributed by atoms with E-state index in [1.807, 2.05) is 26.1 Å². The SMILES string of the molecule is C=C(C)/C=C(\N=C/C)N1CCC(c2nc(-c3cccc(F)c3)cn2CCN2CCCC2)CC1. The van der Waals surface area contributed by atoms with E-state index in [1.54, 1.807) is 12.1 Å². The fraction of sp³-hybridized carbons (Fsp3) is 0.481. The first-order valence-electron chi connectivity index (χ1n) is 12.2. The molecule has 0 aliphatic carbocycles. The highest BCUT2D eigenvalue weighted by Gasteiger charge is 2.26. The molecule has 2 saturated heterocycles. The fourth-order valence-electron chi connectivity index (χ4n) is 4.91. The van der Waals surface area contributed by atoms with Crippen LogP contribution in [0.15, 0.2) is 59.5 Å². The summed E-state index contributed by atoms with van der Waals surface area (Å²) in [5.74, 6) is 2.29. The highest BCUT2D eigenvalue weighted by atomic mass is 19.1. The zero-order valence-electron chi connectivity index (χ0n) is 20.0. The van der Waals surface area contributed by atoms with Crippen molar-refractivity contribution < 1.29 is 4.39 Å². The summed E-state index contributed by atoms with van der Waals surface area (Å²) < 4.78 is 16.2. The quantitative estimate of drug-likeness (QED) is 0.396. The smallest absolute Gasteiger partial charge is 0.128 e. The highest BCUT2D eigenvalue weighted by Crippen LogP contribution is 2.32. The Balaban J connectivity index is 1.53. The normalized spacial score (nSPS) is 18.5. The van der Waals surface area contributed by atoms with Gasteiger partial charge in [0.05, 0.1) is 5.69 Å². The minimum absolute atomic E-state index is 0.220. The van der Waals surface area contributed by atoms with Gasteiger partial charge in [-0.05, 0) is 70.8 Å². The molecule has 0 atom stereocenters. The van der Waals surface area contributed by atoms with Crippen LogP contribution >= 0.6 is 0 Å². The lowest BCUT2D eigenvalue weighted by Crippen LogP contribution is -2.33. The maximum Gasteiger partial charge on any atom is 0.128 e. The Morgan fingerprint density at radius 1 is 1.18 bits per heavy atom. The molecule has 2 aliphatic rings. The van der Waals surface area contributed by atoms with E-state index in [4.69, 9.17) is 4.98 Å². The summed E-state index contributed by atoms with van der Waals surface area (Å²) in [4.78, 5) is 14.5. The standard InChI is InChI=1S/C27H36FN5/c1-4-29-26(18-21(2)3)32-14-10-22(11-15-32)27-30-25(23-8-7-9-24(28)19-23)20-33(27)17-16-31-12-5-6-13-31/h4,7-9,18-20,22H,2,5-6,10-17H2,1,3H3/b26-18+,29-4-. The second-order valence-corrected chi connectivity index (χ2v) is 9.23. The molecule has 4 rings (SSSR count). The van der Waals surface area contributed by atoms with Crippen LogP contribution in [0.4, 0.5) is 4.39 Å². The molecule has 1 aromatic carbocycles. The van der Waals surface area contributed by atoms with E-state index < -0.39 is 0 Å². The van der Waals surface area contributed by atoms with E-state index in [-0.39, 0.29) is 5.82 Å². The van der Waals surface area contributed by atoms with Crippen molar-refractivity contribution in [3.8, 4) is 11.3 Å². The van der Waals surface area contributed by atoms with Gasteiger partial charge in [0.15, 0.2) is 0 Å². The number of rotatable bonds is 8. The molecule has 1 aromatic heterocycles. The maximum absolute atomic E-state index is 13.9. The molecule has 0 radical (unpaired) electrons. The van der Waals surface area contributed by atoms with E-state index in [1.165, 1.54) is 32.0 Å². The minimum Gasteiger partial charge on any atom is -0.357 e. The summed E-state index contributed by atoms with van der Waals surface area (Å²) in [6.45, 7) is 14.2. The maximum atomic E-state index is 13.9. The molecule has 0 amide bonds. The highest BCUT2D eigenvalue weighted by molar-refractivity contribution is 5.58. The third-order valence-corrected chi connectivity index (χ3v) is 6.60. The fourth-order valence-corrected chi connectivity index (χ4v) is 4.91. The van der Waals surface area contributed by atoms with E-state index in [9.17, 15) is 4.39 Å². The van der Waals surface area contributed by atoms with Crippen molar-refractivity contribution in [2.75, 3.05) is 32.7 Å². The van der Waals surface area contributed by atoms with Crippen LogP contribution in [0.2, 0.25) is 0 Å². The number of aliphatic imine (C=N–C) groups is 1. The summed E-state index contributed by atoms with van der Waals surface area (Å²) in [7, 11) is 0. The third kappa shape index (κ3) is 5.99. The molecule has 0 bridgehead atoms. The lowest BCUT2D eigenvalue weighted by molar-refractivity contribution is 0.252. The molecule has 6 heteroatoms. The zero-order chi connectivity index (χ0) is 23.2. The molecule has 2 aliphatic heterocycles. The predicted octanol–water partition coefficient (Wildman–Crippen LogP) is 5.47. The molecular formula is C27H36FN5. The second-order valence-electron chi connectivity index (χ2n) is 9.23. The van der Waals surface area contributed by atoms with Crippen molar-refractivity contribution >= 4 is 6.21 Å². The molecule has 5 nitrogen and oxygen atoms in total. The Morgan fingerprint density at radius 2 is 1.94 bits per heavy atom. The number of likely N-dealkylation sites (tertiary alicyclic amines) is 2. The van der Waals surface area contributed by atoms with Crippen molar-refractivity contribution in [2.24, 2.45) is 4.99 Å². The van der Waals surface area contributed by atoms with Gasteiger partial charge in [0.25, 0.3) is 0 Å². The predicted molar refractivity (Wildman–Crippen MR) is 134 cm³/mol. The molecule has 0 N–H and O–H groups in total. The average molecular weight is 450 g/mol. The summed E-state index contributed by atoms with van der Waals surface area (Å²) in [5, 5.41) is 0. The topological polar surface area (TPSA) is 36.7 Å². The van der Waals surface area contributed by atoms with Gasteiger partial charge in [-0.15, -0.1) is 0 Å². The van der Waals surface area contributed by atoms with Crippen molar-refractivity contribution in [2.45, 2.75) is 52.0 Å². The van der Waals surface area contributed by atoms with Crippen molar-refractivity contribution in [1.82, 2.24) is 19.4 Å². The summed E-state index contributed by atoms with van der Waals surface area (Å²) >= 11 is 0. The first-order valence-corrected chi connectivity index (χ1v) is 12.2. The van der Waals surface area contributed by atoms with Crippen LogP contribution in [-0.4, -0.2) is 58.3 Å². The number of halogens is 1. The van der Waals surface area contributed by atoms with E-state index in [0.29, 0.717) is 5.92 Å². The minimum atomic E-state index is -0.220. The van der Waals surface area contributed by atoms with Crippen LogP contribution in [0, 0.1) is 5.82 Å². The zero-order valence-corrected chi connectivity index (χ0v) is 20.0. The summed E-state index contributed by atoms with van der Waals surface area (Å²) in [5.41, 5.74) is 2.72. The van der Waals surface area contributed by atoms with Gasteiger partial charge in [-0.3, -0.25) is 0 Å². The number of hydrogen-bond acceptors (Lipinski definition) is 4. The van der Waals surface area contributed by atoms with E-state index >= 15 is 0 Å². The van der Waals surface area contributed by atoms with Crippen LogP contribution in [0.3, 0.4) is 0 Å². The Bertz CT molecular complexity index is 1010. The molecule has 2 aromatic rings. The number of piperidine rings is 1. The molecule has 0 saturated carbocycles. The molecule has 176 valence electrons. The third-order valence-electron chi connectivity index (χ3n) is 6.60. The second kappa shape index (κ2) is 10.9. The Labute approximate surface area is 197 Å². The summed E-state index contributed by atoms with van der Waals surface area (Å²) in [6.07, 6.45) is 10.7. The van der Waals surface area contributed by atoms with Crippen LogP contribution in [0.5, 0.6) is 0 Å². The van der Waals surface area contributed by atoms with Crippen LogP contribution in [0.1, 0.15) is 51.3 Å². The Morgan fingerprint density at radius 3 is 2.61 bits per heavy atom. The molecular weight excluding hydrogens is 413 g/mol. The van der Waals surface area contributed by atoms with Gasteiger partial charge in [-0.2, -0.15) is 0 Å². The van der Waals surface area contributed by atoms with Gasteiger partial charge in [0, 0.05) is 50.1 Å². The van der Waals surface area contributed by atoms with Gasteiger partial charge in [0.2, 0.25) is 0 Å². The average Bonchev–Trinajstić information content (AvgIpc) is 3.47. The number of imidazole rings is 1. The monoisotopic (exact) mass is 449 g/mol. The largest absolute Gasteiger partial charge is 0.357 e.